The summed E-state index contributed by atoms with van der Waals surface area (Å²) in [5.74, 6) is -1.10. The van der Waals surface area contributed by atoms with E-state index in [9.17, 15) is 19.5 Å². The van der Waals surface area contributed by atoms with Gasteiger partial charge in [-0.05, 0) is 56.9 Å². The number of carboxylic acid groups (broad SMARTS) is 1. The van der Waals surface area contributed by atoms with E-state index in [4.69, 9.17) is 8.83 Å². The summed E-state index contributed by atoms with van der Waals surface area (Å²) in [6.07, 6.45) is 0.0454. The minimum atomic E-state index is -1.40. The van der Waals surface area contributed by atoms with Gasteiger partial charge in [0.25, 0.3) is 0 Å². The van der Waals surface area contributed by atoms with Gasteiger partial charge in [-0.3, -0.25) is 4.79 Å². The lowest BCUT2D eigenvalue weighted by Gasteiger charge is -2.20. The van der Waals surface area contributed by atoms with Crippen LogP contribution in [-0.4, -0.2) is 11.9 Å². The summed E-state index contributed by atoms with van der Waals surface area (Å²) in [7, 11) is 0. The highest BCUT2D eigenvalue weighted by Gasteiger charge is 2.20. The first-order valence-electron chi connectivity index (χ1n) is 10.7. The van der Waals surface area contributed by atoms with Crippen molar-refractivity contribution in [2.24, 2.45) is 0 Å². The SMILES string of the molecule is Cc1oc2c(C)c3oc(=O)c(CCC(=O)N[C@@H](C(=O)[O-])c4ccccc4)c(C)c3cc2c1C. The number of carbonyl (C=O) groups is 2. The van der Waals surface area contributed by atoms with Crippen molar-refractivity contribution in [1.82, 2.24) is 5.32 Å². The Labute approximate surface area is 190 Å². The maximum absolute atomic E-state index is 12.7. The zero-order chi connectivity index (χ0) is 23.9. The van der Waals surface area contributed by atoms with Crippen LogP contribution in [-0.2, 0) is 16.0 Å². The van der Waals surface area contributed by atoms with Crippen LogP contribution in [0.1, 0.15) is 46.0 Å². The van der Waals surface area contributed by atoms with Gasteiger partial charge in [0, 0.05) is 28.3 Å². The first-order chi connectivity index (χ1) is 15.7. The fourth-order valence-electron chi connectivity index (χ4n) is 4.18. The number of hydrogen-bond donors (Lipinski definition) is 1. The molecule has 1 N–H and O–H groups in total. The smallest absolute Gasteiger partial charge is 0.339 e. The summed E-state index contributed by atoms with van der Waals surface area (Å²) < 4.78 is 11.5. The van der Waals surface area contributed by atoms with Gasteiger partial charge in [-0.15, -0.1) is 0 Å². The Balaban J connectivity index is 1.63. The van der Waals surface area contributed by atoms with Crippen molar-refractivity contribution in [3.05, 3.63) is 80.4 Å². The molecule has 7 nitrogen and oxygen atoms in total. The molecule has 0 saturated heterocycles. The molecule has 0 fully saturated rings. The molecule has 4 rings (SSSR count). The Bertz CT molecular complexity index is 1450. The van der Waals surface area contributed by atoms with Gasteiger partial charge in [0.15, 0.2) is 0 Å². The number of furan rings is 1. The third kappa shape index (κ3) is 4.02. The zero-order valence-corrected chi connectivity index (χ0v) is 18.9. The van der Waals surface area contributed by atoms with Crippen molar-refractivity contribution in [3.8, 4) is 0 Å². The van der Waals surface area contributed by atoms with E-state index in [1.807, 2.05) is 33.8 Å². The molecular weight excluding hydrogens is 422 g/mol. The first-order valence-corrected chi connectivity index (χ1v) is 10.7. The molecule has 33 heavy (non-hydrogen) atoms. The number of aryl methyl sites for hydroxylation is 4. The number of benzene rings is 2. The predicted octanol–water partition coefficient (Wildman–Crippen LogP) is 3.31. The fourth-order valence-corrected chi connectivity index (χ4v) is 4.18. The number of aliphatic carboxylic acids is 1. The number of amides is 1. The van der Waals surface area contributed by atoms with Crippen LogP contribution in [0.4, 0.5) is 0 Å². The van der Waals surface area contributed by atoms with Crippen LogP contribution in [0.3, 0.4) is 0 Å². The van der Waals surface area contributed by atoms with E-state index < -0.39 is 23.5 Å². The summed E-state index contributed by atoms with van der Waals surface area (Å²) >= 11 is 0. The second-order valence-electron chi connectivity index (χ2n) is 8.26. The Kier molecular flexibility index (Phi) is 5.80. The molecule has 0 bridgehead atoms. The maximum Gasteiger partial charge on any atom is 0.339 e. The summed E-state index contributed by atoms with van der Waals surface area (Å²) in [6.45, 7) is 7.55. The van der Waals surface area contributed by atoms with Crippen molar-refractivity contribution >= 4 is 33.8 Å². The minimum absolute atomic E-state index is 0.0706. The molecule has 0 aliphatic heterocycles. The monoisotopic (exact) mass is 446 g/mol. The maximum atomic E-state index is 12.7. The molecule has 1 amide bonds. The summed E-state index contributed by atoms with van der Waals surface area (Å²) in [5, 5.41) is 15.8. The summed E-state index contributed by atoms with van der Waals surface area (Å²) in [5.41, 5.74) is 3.95. The molecule has 2 heterocycles. The molecule has 1 atom stereocenters. The van der Waals surface area contributed by atoms with Gasteiger partial charge in [0.1, 0.15) is 16.9 Å². The highest BCUT2D eigenvalue weighted by molar-refractivity contribution is 6.00. The number of nitrogens with one attached hydrogen (secondary N) is 1. The lowest BCUT2D eigenvalue weighted by atomic mass is 9.98. The largest absolute Gasteiger partial charge is 0.548 e. The van der Waals surface area contributed by atoms with Gasteiger partial charge in [0.2, 0.25) is 5.91 Å². The lowest BCUT2D eigenvalue weighted by molar-refractivity contribution is -0.308. The Morgan fingerprint density at radius 2 is 1.58 bits per heavy atom. The Morgan fingerprint density at radius 3 is 2.24 bits per heavy atom. The molecular formula is C26H24NO6-. The fraction of sp³-hybridized carbons (Fsp3) is 0.269. The number of carboxylic acids is 1. The summed E-state index contributed by atoms with van der Waals surface area (Å²) in [4.78, 5) is 36.8. The van der Waals surface area contributed by atoms with E-state index in [2.05, 4.69) is 5.32 Å². The molecule has 0 radical (unpaired) electrons. The van der Waals surface area contributed by atoms with Crippen LogP contribution in [0, 0.1) is 27.7 Å². The minimum Gasteiger partial charge on any atom is -0.548 e. The summed E-state index contributed by atoms with van der Waals surface area (Å²) in [6, 6.07) is 9.01. The third-order valence-electron chi connectivity index (χ3n) is 6.22. The topological polar surface area (TPSA) is 113 Å². The van der Waals surface area contributed by atoms with E-state index in [0.29, 0.717) is 22.3 Å². The second kappa shape index (κ2) is 8.58. The molecule has 0 saturated carbocycles. The van der Waals surface area contributed by atoms with Crippen molar-refractivity contribution < 1.29 is 23.5 Å². The van der Waals surface area contributed by atoms with Crippen LogP contribution in [0.15, 0.2) is 50.0 Å². The Hall–Kier alpha value is -3.87. The van der Waals surface area contributed by atoms with E-state index in [1.54, 1.807) is 30.3 Å². The van der Waals surface area contributed by atoms with Crippen molar-refractivity contribution in [2.45, 2.75) is 46.6 Å². The number of carbonyl (C=O) groups excluding carboxylic acids is 2. The molecule has 0 unspecified atom stereocenters. The lowest BCUT2D eigenvalue weighted by Crippen LogP contribution is -2.41. The number of fused-ring (bicyclic) bond motifs is 2. The van der Waals surface area contributed by atoms with E-state index in [1.165, 1.54) is 0 Å². The Morgan fingerprint density at radius 1 is 0.939 bits per heavy atom. The number of rotatable bonds is 6. The van der Waals surface area contributed by atoms with Gasteiger partial charge in [0.05, 0.1) is 12.0 Å². The van der Waals surface area contributed by atoms with Gasteiger partial charge in [-0.2, -0.15) is 0 Å². The van der Waals surface area contributed by atoms with Gasteiger partial charge in [-0.1, -0.05) is 30.3 Å². The van der Waals surface area contributed by atoms with E-state index >= 15 is 0 Å². The van der Waals surface area contributed by atoms with Gasteiger partial charge >= 0.3 is 5.63 Å². The quantitative estimate of drug-likeness (QED) is 0.455. The van der Waals surface area contributed by atoms with Crippen molar-refractivity contribution in [1.29, 1.82) is 0 Å². The van der Waals surface area contributed by atoms with Crippen LogP contribution >= 0.6 is 0 Å². The highest BCUT2D eigenvalue weighted by Crippen LogP contribution is 2.34. The molecule has 0 spiro atoms. The van der Waals surface area contributed by atoms with Gasteiger partial charge in [-0.25, -0.2) is 4.79 Å². The number of hydrogen-bond acceptors (Lipinski definition) is 6. The molecule has 2 aromatic carbocycles. The van der Waals surface area contributed by atoms with E-state index in [0.717, 1.165) is 33.2 Å². The third-order valence-corrected chi connectivity index (χ3v) is 6.22. The van der Waals surface area contributed by atoms with E-state index in [-0.39, 0.29) is 12.8 Å². The van der Waals surface area contributed by atoms with Crippen LogP contribution in [0.5, 0.6) is 0 Å². The molecule has 4 aromatic rings. The van der Waals surface area contributed by atoms with Crippen molar-refractivity contribution in [2.75, 3.05) is 0 Å². The highest BCUT2D eigenvalue weighted by atomic mass is 16.4. The molecule has 170 valence electrons. The molecule has 7 heteroatoms. The zero-order valence-electron chi connectivity index (χ0n) is 18.9. The first kappa shape index (κ1) is 22.3. The van der Waals surface area contributed by atoms with Gasteiger partial charge < -0.3 is 24.1 Å². The van der Waals surface area contributed by atoms with Crippen LogP contribution in [0.2, 0.25) is 0 Å². The molecule has 0 aliphatic rings. The predicted molar refractivity (Wildman–Crippen MR) is 122 cm³/mol. The van der Waals surface area contributed by atoms with Crippen LogP contribution in [0.25, 0.3) is 21.9 Å². The van der Waals surface area contributed by atoms with Crippen LogP contribution < -0.4 is 16.0 Å². The normalized spacial score (nSPS) is 12.2. The average Bonchev–Trinajstić information content (AvgIpc) is 3.07. The second-order valence-corrected chi connectivity index (χ2v) is 8.26. The average molecular weight is 446 g/mol. The molecule has 0 aliphatic carbocycles. The molecule has 2 aromatic heterocycles. The standard InChI is InChI=1S/C26H25NO6/c1-13-16(4)32-23-15(3)24-20(12-19(13)23)14(2)18(26(31)33-24)10-11-21(28)27-22(25(29)30)17-8-6-5-7-9-17/h5-9,12,22H,10-11H2,1-4H3,(H,27,28)(H,29,30)/p-1/t22-/m1/s1. The van der Waals surface area contributed by atoms with Crippen molar-refractivity contribution in [3.63, 3.8) is 0 Å².